The Hall–Kier alpha value is -0.570. The van der Waals surface area contributed by atoms with E-state index in [9.17, 15) is 4.79 Å². The summed E-state index contributed by atoms with van der Waals surface area (Å²) >= 11 is 0. The maximum atomic E-state index is 11.0. The number of carbonyl (C=O) groups is 1. The smallest absolute Gasteiger partial charge is 0.219 e. The molecule has 0 aromatic heterocycles. The van der Waals surface area contributed by atoms with Gasteiger partial charge in [-0.05, 0) is 6.42 Å². The number of amides is 1. The number of rotatable bonds is 0. The van der Waals surface area contributed by atoms with E-state index in [2.05, 4.69) is 0 Å². The first-order chi connectivity index (χ1) is 5.25. The molecule has 3 nitrogen and oxygen atoms in total. The molecule has 3 heteroatoms. The zero-order chi connectivity index (χ0) is 7.84. The quantitative estimate of drug-likeness (QED) is 0.502. The highest BCUT2D eigenvalue weighted by atomic mass is 16.5. The van der Waals surface area contributed by atoms with Crippen molar-refractivity contribution in [2.75, 3.05) is 19.7 Å². The summed E-state index contributed by atoms with van der Waals surface area (Å²) in [6.07, 6.45) is 1.49. The highest BCUT2D eigenvalue weighted by Crippen LogP contribution is 2.26. The molecule has 1 amide bonds. The minimum Gasteiger partial charge on any atom is -0.376 e. The number of hydrogen-bond donors (Lipinski definition) is 0. The average Bonchev–Trinajstić information content (AvgIpc) is 2.30. The van der Waals surface area contributed by atoms with E-state index in [0.29, 0.717) is 12.0 Å². The normalized spacial score (nSPS) is 35.9. The zero-order valence-corrected chi connectivity index (χ0v) is 6.75. The number of fused-ring (bicyclic) bond motifs is 2. The van der Waals surface area contributed by atoms with E-state index in [1.807, 2.05) is 4.90 Å². The molecule has 2 aliphatic heterocycles. The third-order valence-electron chi connectivity index (χ3n) is 2.51. The van der Waals surface area contributed by atoms with E-state index >= 15 is 0 Å². The Bertz CT molecular complexity index is 169. The lowest BCUT2D eigenvalue weighted by Gasteiger charge is -2.29. The summed E-state index contributed by atoms with van der Waals surface area (Å²) in [5, 5.41) is 0. The summed E-state index contributed by atoms with van der Waals surface area (Å²) in [5.74, 6) is 0.794. The molecule has 0 radical (unpaired) electrons. The van der Waals surface area contributed by atoms with Gasteiger partial charge < -0.3 is 9.64 Å². The molecule has 2 heterocycles. The van der Waals surface area contributed by atoms with Crippen molar-refractivity contribution in [1.29, 1.82) is 0 Å². The first-order valence-electron chi connectivity index (χ1n) is 4.13. The van der Waals surface area contributed by atoms with Gasteiger partial charge in [-0.2, -0.15) is 0 Å². The lowest BCUT2D eigenvalue weighted by Crippen LogP contribution is -2.41. The highest BCUT2D eigenvalue weighted by Gasteiger charge is 2.34. The molecule has 2 bridgehead atoms. The summed E-state index contributed by atoms with van der Waals surface area (Å²) in [5.41, 5.74) is 0. The molecule has 0 aliphatic carbocycles. The molecule has 0 aromatic rings. The second-order valence-electron chi connectivity index (χ2n) is 3.48. The molecule has 2 fully saturated rings. The molecular weight excluding hydrogens is 142 g/mol. The van der Waals surface area contributed by atoms with E-state index in [4.69, 9.17) is 4.74 Å². The number of likely N-dealkylation sites (tertiary alicyclic amines) is 1. The van der Waals surface area contributed by atoms with Crippen LogP contribution in [0.25, 0.3) is 0 Å². The second kappa shape index (κ2) is 2.48. The van der Waals surface area contributed by atoms with Crippen LogP contribution in [-0.4, -0.2) is 36.6 Å². The Balaban J connectivity index is 2.02. The van der Waals surface area contributed by atoms with Gasteiger partial charge in [0.1, 0.15) is 0 Å². The van der Waals surface area contributed by atoms with Crippen molar-refractivity contribution < 1.29 is 9.53 Å². The van der Waals surface area contributed by atoms with Crippen LogP contribution >= 0.6 is 0 Å². The molecule has 0 spiro atoms. The van der Waals surface area contributed by atoms with Gasteiger partial charge in [-0.25, -0.2) is 0 Å². The maximum absolute atomic E-state index is 11.0. The van der Waals surface area contributed by atoms with Crippen LogP contribution in [0.3, 0.4) is 0 Å². The molecule has 0 aromatic carbocycles. The molecule has 0 saturated carbocycles. The van der Waals surface area contributed by atoms with Crippen molar-refractivity contribution in [3.8, 4) is 0 Å². The lowest BCUT2D eigenvalue weighted by molar-refractivity contribution is -0.131. The van der Waals surface area contributed by atoms with Gasteiger partial charge in [0.2, 0.25) is 5.91 Å². The Kier molecular flexibility index (Phi) is 1.60. The van der Waals surface area contributed by atoms with Gasteiger partial charge >= 0.3 is 0 Å². The minimum atomic E-state index is 0.185. The molecule has 2 saturated heterocycles. The number of nitrogens with zero attached hydrogens (tertiary/aromatic N) is 1. The standard InChI is InChI=1S/C8H13NO2/c1-6(10)9-3-7-2-8(4-9)11-5-7/h7-8H,2-5H2,1H3. The fraction of sp³-hybridized carbons (Fsp3) is 0.875. The Morgan fingerprint density at radius 2 is 2.36 bits per heavy atom. The number of hydrogen-bond acceptors (Lipinski definition) is 2. The summed E-state index contributed by atoms with van der Waals surface area (Å²) in [4.78, 5) is 12.9. The summed E-state index contributed by atoms with van der Waals surface area (Å²) in [6, 6.07) is 0. The molecular formula is C8H13NO2. The molecule has 62 valence electrons. The van der Waals surface area contributed by atoms with Crippen molar-refractivity contribution in [3.05, 3.63) is 0 Å². The van der Waals surface area contributed by atoms with Crippen LogP contribution in [0.2, 0.25) is 0 Å². The van der Waals surface area contributed by atoms with E-state index in [1.54, 1.807) is 6.92 Å². The van der Waals surface area contributed by atoms with Gasteiger partial charge in [0, 0.05) is 25.9 Å². The molecule has 11 heavy (non-hydrogen) atoms. The monoisotopic (exact) mass is 155 g/mol. The van der Waals surface area contributed by atoms with Gasteiger partial charge in [0.15, 0.2) is 0 Å². The number of ether oxygens (including phenoxy) is 1. The first-order valence-corrected chi connectivity index (χ1v) is 4.13. The van der Waals surface area contributed by atoms with Gasteiger partial charge in [0.25, 0.3) is 0 Å². The fourth-order valence-corrected chi connectivity index (χ4v) is 1.92. The minimum absolute atomic E-state index is 0.185. The summed E-state index contributed by atoms with van der Waals surface area (Å²) in [7, 11) is 0. The molecule has 2 rings (SSSR count). The van der Waals surface area contributed by atoms with E-state index in [0.717, 1.165) is 26.1 Å². The van der Waals surface area contributed by atoms with Crippen molar-refractivity contribution in [2.24, 2.45) is 5.92 Å². The topological polar surface area (TPSA) is 29.5 Å². The lowest BCUT2D eigenvalue weighted by atomic mass is 10.0. The second-order valence-corrected chi connectivity index (χ2v) is 3.48. The number of piperidine rings is 1. The van der Waals surface area contributed by atoms with Crippen LogP contribution in [-0.2, 0) is 9.53 Å². The highest BCUT2D eigenvalue weighted by molar-refractivity contribution is 5.73. The van der Waals surface area contributed by atoms with Crippen LogP contribution in [0.4, 0.5) is 0 Å². The zero-order valence-electron chi connectivity index (χ0n) is 6.75. The third-order valence-corrected chi connectivity index (χ3v) is 2.51. The Morgan fingerprint density at radius 1 is 1.55 bits per heavy atom. The maximum Gasteiger partial charge on any atom is 0.219 e. The predicted octanol–water partition coefficient (Wildman–Crippen LogP) is 0.254. The summed E-state index contributed by atoms with van der Waals surface area (Å²) in [6.45, 7) is 4.21. The SMILES string of the molecule is CC(=O)N1CC2COC(C2)C1. The van der Waals surface area contributed by atoms with E-state index in [1.165, 1.54) is 0 Å². The van der Waals surface area contributed by atoms with Gasteiger partial charge in [-0.15, -0.1) is 0 Å². The van der Waals surface area contributed by atoms with E-state index < -0.39 is 0 Å². The van der Waals surface area contributed by atoms with Crippen LogP contribution < -0.4 is 0 Å². The fourth-order valence-electron chi connectivity index (χ4n) is 1.92. The van der Waals surface area contributed by atoms with Gasteiger partial charge in [-0.3, -0.25) is 4.79 Å². The first kappa shape index (κ1) is 7.10. The average molecular weight is 155 g/mol. The molecule has 2 unspecified atom stereocenters. The Labute approximate surface area is 66.3 Å². The van der Waals surface area contributed by atoms with Crippen LogP contribution in [0, 0.1) is 5.92 Å². The van der Waals surface area contributed by atoms with Crippen molar-refractivity contribution in [3.63, 3.8) is 0 Å². The van der Waals surface area contributed by atoms with Crippen LogP contribution in [0.15, 0.2) is 0 Å². The molecule has 2 aliphatic rings. The van der Waals surface area contributed by atoms with Crippen LogP contribution in [0.1, 0.15) is 13.3 Å². The third kappa shape index (κ3) is 1.25. The predicted molar refractivity (Wildman–Crippen MR) is 40.1 cm³/mol. The largest absolute Gasteiger partial charge is 0.376 e. The van der Waals surface area contributed by atoms with Gasteiger partial charge in [0.05, 0.1) is 12.7 Å². The molecule has 2 atom stereocenters. The van der Waals surface area contributed by atoms with Crippen molar-refractivity contribution in [2.45, 2.75) is 19.4 Å². The number of carbonyl (C=O) groups excluding carboxylic acids is 1. The van der Waals surface area contributed by atoms with Crippen molar-refractivity contribution in [1.82, 2.24) is 4.90 Å². The van der Waals surface area contributed by atoms with E-state index in [-0.39, 0.29) is 5.91 Å². The summed E-state index contributed by atoms with van der Waals surface area (Å²) < 4.78 is 5.46. The molecule has 0 N–H and O–H groups in total. The van der Waals surface area contributed by atoms with Gasteiger partial charge in [-0.1, -0.05) is 0 Å². The Morgan fingerprint density at radius 3 is 3.00 bits per heavy atom. The van der Waals surface area contributed by atoms with Crippen LogP contribution in [0.5, 0.6) is 0 Å². The van der Waals surface area contributed by atoms with Crippen molar-refractivity contribution >= 4 is 5.91 Å².